The monoisotopic (exact) mass is 452 g/mol. The Morgan fingerprint density at radius 3 is 2.93 bits per heavy atom. The first kappa shape index (κ1) is 17.6. The zero-order valence-corrected chi connectivity index (χ0v) is 17.3. The van der Waals surface area contributed by atoms with Crippen LogP contribution in [0, 0.1) is 0 Å². The molecule has 140 valence electrons. The second-order valence-corrected chi connectivity index (χ2v) is 8.84. The molecule has 0 spiro atoms. The Labute approximate surface area is 174 Å². The van der Waals surface area contributed by atoms with E-state index < -0.39 is 0 Å². The Bertz CT molecular complexity index is 1160. The first-order chi connectivity index (χ1) is 13.7. The van der Waals surface area contributed by atoms with Gasteiger partial charge in [-0.15, -0.1) is 11.3 Å². The highest BCUT2D eigenvalue weighted by molar-refractivity contribution is 9.10. The van der Waals surface area contributed by atoms with Crippen LogP contribution in [-0.4, -0.2) is 20.4 Å². The number of anilines is 1. The lowest BCUT2D eigenvalue weighted by molar-refractivity contribution is -0.119. The summed E-state index contributed by atoms with van der Waals surface area (Å²) < 4.78 is 4.18. The van der Waals surface area contributed by atoms with Crippen molar-refractivity contribution in [3.8, 4) is 10.6 Å². The van der Waals surface area contributed by atoms with E-state index in [1.54, 1.807) is 17.7 Å². The van der Waals surface area contributed by atoms with Crippen molar-refractivity contribution in [2.75, 3.05) is 5.32 Å². The summed E-state index contributed by atoms with van der Waals surface area (Å²) in [6.45, 7) is 0. The molecule has 5 nitrogen and oxygen atoms in total. The average Bonchev–Trinajstić information content (AvgIpc) is 3.34. The molecule has 4 aromatic rings. The predicted molar refractivity (Wildman–Crippen MR) is 116 cm³/mol. The van der Waals surface area contributed by atoms with Crippen LogP contribution in [0.1, 0.15) is 24.6 Å². The molecule has 1 atom stereocenters. The summed E-state index contributed by atoms with van der Waals surface area (Å²) >= 11 is 5.15. The van der Waals surface area contributed by atoms with Crippen LogP contribution in [0.15, 0.2) is 59.5 Å². The van der Waals surface area contributed by atoms with E-state index >= 15 is 0 Å². The molecular formula is C21H17BrN4OS. The van der Waals surface area contributed by atoms with Crippen molar-refractivity contribution in [1.29, 1.82) is 0 Å². The van der Waals surface area contributed by atoms with Crippen LogP contribution in [0.3, 0.4) is 0 Å². The maximum atomic E-state index is 12.8. The summed E-state index contributed by atoms with van der Waals surface area (Å²) in [7, 11) is 0. The fraction of sp³-hybridized carbons (Fsp3) is 0.190. The maximum absolute atomic E-state index is 12.8. The molecule has 2 aromatic heterocycles. The standard InChI is InChI=1S/C21H17BrN4OS/c22-14-6-9-19-17(10-14)25-21(28-19)13-4-7-15(8-5-13)24-20(27)18-3-1-2-16-11-23-12-26(16)18/h4-12,18H,1-3H2,(H,24,27). The number of carbonyl (C=O) groups excluding carboxylic acids is 1. The Morgan fingerprint density at radius 2 is 2.07 bits per heavy atom. The molecule has 1 N–H and O–H groups in total. The van der Waals surface area contributed by atoms with Gasteiger partial charge in [0.15, 0.2) is 0 Å². The number of aromatic nitrogens is 3. The molecule has 1 aliphatic heterocycles. The molecule has 0 saturated heterocycles. The smallest absolute Gasteiger partial charge is 0.247 e. The number of nitrogens with one attached hydrogen (secondary N) is 1. The summed E-state index contributed by atoms with van der Waals surface area (Å²) in [6.07, 6.45) is 6.44. The van der Waals surface area contributed by atoms with Crippen molar-refractivity contribution in [3.05, 3.63) is 65.2 Å². The van der Waals surface area contributed by atoms with E-state index in [4.69, 9.17) is 4.98 Å². The molecule has 5 rings (SSSR count). The van der Waals surface area contributed by atoms with Crippen molar-refractivity contribution in [2.24, 2.45) is 0 Å². The SMILES string of the molecule is O=C(Nc1ccc(-c2nc3cc(Br)ccc3s2)cc1)C1CCCc2cncn21. The minimum atomic E-state index is -0.186. The van der Waals surface area contributed by atoms with Crippen LogP contribution < -0.4 is 5.32 Å². The highest BCUT2D eigenvalue weighted by atomic mass is 79.9. The van der Waals surface area contributed by atoms with Gasteiger partial charge in [-0.3, -0.25) is 4.79 Å². The quantitative estimate of drug-likeness (QED) is 0.450. The van der Waals surface area contributed by atoms with Gasteiger partial charge in [0.25, 0.3) is 0 Å². The number of hydrogen-bond acceptors (Lipinski definition) is 4. The summed E-state index contributed by atoms with van der Waals surface area (Å²) in [5.74, 6) is 0.0107. The van der Waals surface area contributed by atoms with Crippen LogP contribution in [0.4, 0.5) is 5.69 Å². The van der Waals surface area contributed by atoms with Gasteiger partial charge in [-0.25, -0.2) is 9.97 Å². The third-order valence-corrected chi connectivity index (χ3v) is 6.62. The highest BCUT2D eigenvalue weighted by Crippen LogP contribution is 2.32. The molecule has 0 saturated carbocycles. The van der Waals surface area contributed by atoms with Crippen molar-refractivity contribution < 1.29 is 4.79 Å². The van der Waals surface area contributed by atoms with Gasteiger partial charge in [-0.2, -0.15) is 0 Å². The number of hydrogen-bond donors (Lipinski definition) is 1. The van der Waals surface area contributed by atoms with Crippen molar-refractivity contribution in [3.63, 3.8) is 0 Å². The van der Waals surface area contributed by atoms with E-state index in [0.717, 1.165) is 55.9 Å². The first-order valence-corrected chi connectivity index (χ1v) is 10.8. The summed E-state index contributed by atoms with van der Waals surface area (Å²) in [5, 5.41) is 4.02. The molecule has 1 unspecified atom stereocenters. The number of benzene rings is 2. The number of nitrogens with zero attached hydrogens (tertiary/aromatic N) is 3. The first-order valence-electron chi connectivity index (χ1n) is 9.15. The van der Waals surface area contributed by atoms with Crippen molar-refractivity contribution in [2.45, 2.75) is 25.3 Å². The minimum absolute atomic E-state index is 0.0107. The number of thiazole rings is 1. The topological polar surface area (TPSA) is 59.8 Å². The molecule has 0 bridgehead atoms. The fourth-order valence-electron chi connectivity index (χ4n) is 3.63. The summed E-state index contributed by atoms with van der Waals surface area (Å²) in [6, 6.07) is 13.8. The maximum Gasteiger partial charge on any atom is 0.247 e. The molecule has 3 heterocycles. The second kappa shape index (κ2) is 7.14. The van der Waals surface area contributed by atoms with Crippen molar-refractivity contribution >= 4 is 49.1 Å². The number of fused-ring (bicyclic) bond motifs is 2. The second-order valence-electron chi connectivity index (χ2n) is 6.90. The van der Waals surface area contributed by atoms with Crippen LogP contribution in [0.25, 0.3) is 20.8 Å². The molecule has 0 radical (unpaired) electrons. The molecule has 7 heteroatoms. The zero-order valence-electron chi connectivity index (χ0n) is 14.9. The van der Waals surface area contributed by atoms with E-state index in [0.29, 0.717) is 0 Å². The molecule has 0 fully saturated rings. The van der Waals surface area contributed by atoms with Gasteiger partial charge in [0, 0.05) is 27.6 Å². The number of rotatable bonds is 3. The normalized spacial score (nSPS) is 16.1. The number of carbonyl (C=O) groups is 1. The number of amides is 1. The zero-order chi connectivity index (χ0) is 19.1. The number of halogens is 1. The van der Waals surface area contributed by atoms with Gasteiger partial charge < -0.3 is 9.88 Å². The minimum Gasteiger partial charge on any atom is -0.324 e. The lowest BCUT2D eigenvalue weighted by Crippen LogP contribution is -2.29. The Kier molecular flexibility index (Phi) is 4.49. The van der Waals surface area contributed by atoms with Gasteiger partial charge in [-0.05, 0) is 61.7 Å². The van der Waals surface area contributed by atoms with Gasteiger partial charge in [0.05, 0.1) is 16.5 Å². The Balaban J connectivity index is 1.34. The molecule has 1 aliphatic rings. The average molecular weight is 453 g/mol. The summed E-state index contributed by atoms with van der Waals surface area (Å²) in [5.41, 5.74) is 3.96. The fourth-order valence-corrected chi connectivity index (χ4v) is 4.93. The van der Waals surface area contributed by atoms with Gasteiger partial charge in [0.2, 0.25) is 5.91 Å². The van der Waals surface area contributed by atoms with E-state index in [2.05, 4.69) is 32.3 Å². The van der Waals surface area contributed by atoms with Gasteiger partial charge in [-0.1, -0.05) is 15.9 Å². The van der Waals surface area contributed by atoms with Crippen LogP contribution in [-0.2, 0) is 11.2 Å². The van der Waals surface area contributed by atoms with E-state index in [9.17, 15) is 4.79 Å². The van der Waals surface area contributed by atoms with E-state index in [1.807, 2.05) is 47.2 Å². The number of aryl methyl sites for hydroxylation is 1. The predicted octanol–water partition coefficient (Wildman–Crippen LogP) is 5.44. The van der Waals surface area contributed by atoms with E-state index in [-0.39, 0.29) is 11.9 Å². The molecule has 28 heavy (non-hydrogen) atoms. The van der Waals surface area contributed by atoms with Gasteiger partial charge in [0.1, 0.15) is 11.0 Å². The van der Waals surface area contributed by atoms with Crippen molar-refractivity contribution in [1.82, 2.24) is 14.5 Å². The Morgan fingerprint density at radius 1 is 1.21 bits per heavy atom. The Hall–Kier alpha value is -2.51. The third-order valence-electron chi connectivity index (χ3n) is 5.04. The lowest BCUT2D eigenvalue weighted by Gasteiger charge is -2.24. The molecule has 2 aromatic carbocycles. The van der Waals surface area contributed by atoms with Crippen LogP contribution in [0.5, 0.6) is 0 Å². The highest BCUT2D eigenvalue weighted by Gasteiger charge is 2.25. The molecule has 1 amide bonds. The molecular weight excluding hydrogens is 436 g/mol. The molecule has 0 aliphatic carbocycles. The summed E-state index contributed by atoms with van der Waals surface area (Å²) in [4.78, 5) is 21.7. The van der Waals surface area contributed by atoms with E-state index in [1.165, 1.54) is 0 Å². The third kappa shape index (κ3) is 3.25. The number of imidazole rings is 1. The lowest BCUT2D eigenvalue weighted by atomic mass is 10.0. The van der Waals surface area contributed by atoms with Crippen LogP contribution >= 0.6 is 27.3 Å². The van der Waals surface area contributed by atoms with Gasteiger partial charge >= 0.3 is 0 Å². The van der Waals surface area contributed by atoms with Crippen LogP contribution in [0.2, 0.25) is 0 Å². The largest absolute Gasteiger partial charge is 0.324 e.